The van der Waals surface area contributed by atoms with E-state index in [1.807, 2.05) is 13.8 Å². The number of benzene rings is 3. The highest BCUT2D eigenvalue weighted by atomic mass is 35.5. The number of nitrogens with one attached hydrogen (secondary N) is 1. The van der Waals surface area contributed by atoms with Crippen molar-refractivity contribution in [1.29, 1.82) is 0 Å². The molecule has 3 rings (SSSR count). The fourth-order valence-electron chi connectivity index (χ4n) is 3.72. The van der Waals surface area contributed by atoms with Crippen LogP contribution >= 0.6 is 34.8 Å². The first-order chi connectivity index (χ1) is 18.4. The highest BCUT2D eigenvalue weighted by Crippen LogP contribution is 2.31. The summed E-state index contributed by atoms with van der Waals surface area (Å²) in [6.07, 6.45) is 0.712. The van der Waals surface area contributed by atoms with E-state index in [-0.39, 0.29) is 39.1 Å². The first-order valence-electron chi connectivity index (χ1n) is 12.3. The van der Waals surface area contributed by atoms with Gasteiger partial charge in [-0.15, -0.1) is 0 Å². The van der Waals surface area contributed by atoms with Gasteiger partial charge in [-0.25, -0.2) is 8.42 Å². The molecule has 3 aromatic rings. The Balaban J connectivity index is 2.03. The summed E-state index contributed by atoms with van der Waals surface area (Å²) in [6.45, 7) is 4.90. The van der Waals surface area contributed by atoms with Crippen LogP contribution in [-0.2, 0) is 26.2 Å². The van der Waals surface area contributed by atoms with Gasteiger partial charge in [0.25, 0.3) is 10.0 Å². The normalized spacial score (nSPS) is 12.9. The molecule has 0 heterocycles. The Bertz CT molecular complexity index is 1400. The van der Waals surface area contributed by atoms with Gasteiger partial charge in [0.2, 0.25) is 11.8 Å². The molecule has 0 saturated carbocycles. The van der Waals surface area contributed by atoms with Crippen LogP contribution in [0.4, 0.5) is 5.69 Å². The smallest absolute Gasteiger partial charge is 0.264 e. The summed E-state index contributed by atoms with van der Waals surface area (Å²) in [5, 5.41) is 3.80. The zero-order valence-electron chi connectivity index (χ0n) is 21.8. The van der Waals surface area contributed by atoms with Gasteiger partial charge >= 0.3 is 0 Å². The minimum absolute atomic E-state index is 0.00399. The van der Waals surface area contributed by atoms with Crippen LogP contribution in [0.1, 0.15) is 32.8 Å². The number of sulfonamides is 1. The van der Waals surface area contributed by atoms with E-state index < -0.39 is 28.5 Å². The molecule has 11 heteroatoms. The number of hydrogen-bond donors (Lipinski definition) is 1. The number of carbonyl (C=O) groups excluding carboxylic acids is 2. The molecule has 3 aromatic carbocycles. The van der Waals surface area contributed by atoms with Gasteiger partial charge < -0.3 is 10.2 Å². The van der Waals surface area contributed by atoms with Crippen molar-refractivity contribution in [3.05, 3.63) is 93.4 Å². The maximum Gasteiger partial charge on any atom is 0.264 e. The number of amides is 2. The quantitative estimate of drug-likeness (QED) is 0.281. The van der Waals surface area contributed by atoms with Crippen molar-refractivity contribution < 1.29 is 18.0 Å². The molecule has 0 aliphatic carbocycles. The average Bonchev–Trinajstić information content (AvgIpc) is 2.92. The molecule has 0 unspecified atom stereocenters. The third-order valence-corrected chi connectivity index (χ3v) is 9.01. The molecular formula is C28H30Cl3N3O4S. The predicted molar refractivity (Wildman–Crippen MR) is 157 cm³/mol. The van der Waals surface area contributed by atoms with Crippen LogP contribution in [0.3, 0.4) is 0 Å². The molecule has 39 heavy (non-hydrogen) atoms. The van der Waals surface area contributed by atoms with E-state index >= 15 is 0 Å². The largest absolute Gasteiger partial charge is 0.352 e. The number of carbonyl (C=O) groups is 2. The van der Waals surface area contributed by atoms with E-state index in [0.717, 1.165) is 9.87 Å². The van der Waals surface area contributed by atoms with Gasteiger partial charge in [-0.2, -0.15) is 0 Å². The number of anilines is 1. The molecule has 0 aliphatic rings. The Morgan fingerprint density at radius 2 is 1.54 bits per heavy atom. The minimum atomic E-state index is -4.19. The van der Waals surface area contributed by atoms with Crippen LogP contribution in [0.5, 0.6) is 0 Å². The Hall–Kier alpha value is -2.78. The summed E-state index contributed by atoms with van der Waals surface area (Å²) < 4.78 is 28.5. The van der Waals surface area contributed by atoms with Gasteiger partial charge in [-0.3, -0.25) is 13.9 Å². The molecular weight excluding hydrogens is 581 g/mol. The Kier molecular flexibility index (Phi) is 10.7. The topological polar surface area (TPSA) is 86.8 Å². The standard InChI is InChI=1S/C28H30Cl3N3O4S/c1-4-19(2)32-28(36)20(3)33(17-21-10-12-22(29)13-11-21)27(35)18-34(23-14-15-25(30)26(31)16-23)39(37,38)24-8-6-5-7-9-24/h5-16,19-20H,4,17-18H2,1-3H3,(H,32,36)/t19-,20+/m0/s1. The van der Waals surface area contributed by atoms with Crippen molar-refractivity contribution in [3.63, 3.8) is 0 Å². The lowest BCUT2D eigenvalue weighted by molar-refractivity contribution is -0.139. The van der Waals surface area contributed by atoms with Crippen molar-refractivity contribution in [3.8, 4) is 0 Å². The number of rotatable bonds is 11. The fourth-order valence-corrected chi connectivity index (χ4v) is 5.57. The molecule has 2 atom stereocenters. The third-order valence-electron chi connectivity index (χ3n) is 6.24. The summed E-state index contributed by atoms with van der Waals surface area (Å²) in [5.74, 6) is -0.930. The van der Waals surface area contributed by atoms with Crippen molar-refractivity contribution in [2.45, 2.75) is 50.7 Å². The summed E-state index contributed by atoms with van der Waals surface area (Å²) >= 11 is 18.3. The Morgan fingerprint density at radius 3 is 2.13 bits per heavy atom. The van der Waals surface area contributed by atoms with Gasteiger partial charge in [-0.1, -0.05) is 72.1 Å². The Labute approximate surface area is 244 Å². The van der Waals surface area contributed by atoms with Crippen LogP contribution in [0.2, 0.25) is 15.1 Å². The predicted octanol–water partition coefficient (Wildman–Crippen LogP) is 6.17. The van der Waals surface area contributed by atoms with E-state index in [0.29, 0.717) is 11.4 Å². The van der Waals surface area contributed by atoms with E-state index in [1.165, 1.54) is 35.2 Å². The molecule has 2 amide bonds. The second-order valence-electron chi connectivity index (χ2n) is 9.07. The van der Waals surface area contributed by atoms with Gasteiger partial charge in [0.1, 0.15) is 12.6 Å². The minimum Gasteiger partial charge on any atom is -0.352 e. The van der Waals surface area contributed by atoms with Gasteiger partial charge in [0.15, 0.2) is 0 Å². The van der Waals surface area contributed by atoms with Gasteiger partial charge in [-0.05, 0) is 68.3 Å². The maximum atomic E-state index is 13.9. The average molecular weight is 611 g/mol. The monoisotopic (exact) mass is 609 g/mol. The second-order valence-corrected chi connectivity index (χ2v) is 12.2. The van der Waals surface area contributed by atoms with Crippen molar-refractivity contribution >= 4 is 62.3 Å². The summed E-state index contributed by atoms with van der Waals surface area (Å²) in [6, 6.07) is 18.0. The molecule has 0 saturated heterocycles. The Morgan fingerprint density at radius 1 is 0.897 bits per heavy atom. The zero-order chi connectivity index (χ0) is 28.7. The molecule has 0 aliphatic heterocycles. The van der Waals surface area contributed by atoms with E-state index in [2.05, 4.69) is 5.32 Å². The SMILES string of the molecule is CC[C@H](C)NC(=O)[C@@H](C)N(Cc1ccc(Cl)cc1)C(=O)CN(c1ccc(Cl)c(Cl)c1)S(=O)(=O)c1ccccc1. The number of hydrogen-bond acceptors (Lipinski definition) is 4. The van der Waals surface area contributed by atoms with Crippen LogP contribution in [0.15, 0.2) is 77.7 Å². The molecule has 0 aromatic heterocycles. The zero-order valence-corrected chi connectivity index (χ0v) is 24.9. The van der Waals surface area contributed by atoms with Gasteiger partial charge in [0.05, 0.1) is 20.6 Å². The first kappa shape index (κ1) is 30.8. The number of nitrogens with zero attached hydrogens (tertiary/aromatic N) is 2. The lowest BCUT2D eigenvalue weighted by Gasteiger charge is -2.32. The van der Waals surface area contributed by atoms with Crippen molar-refractivity contribution in [2.75, 3.05) is 10.8 Å². The van der Waals surface area contributed by atoms with E-state index in [1.54, 1.807) is 49.4 Å². The fraction of sp³-hybridized carbons (Fsp3) is 0.286. The van der Waals surface area contributed by atoms with Crippen LogP contribution in [0.25, 0.3) is 0 Å². The molecule has 7 nitrogen and oxygen atoms in total. The molecule has 0 spiro atoms. The van der Waals surface area contributed by atoms with Gasteiger partial charge in [0, 0.05) is 17.6 Å². The lowest BCUT2D eigenvalue weighted by Crippen LogP contribution is -2.52. The van der Waals surface area contributed by atoms with E-state index in [4.69, 9.17) is 34.8 Å². The third kappa shape index (κ3) is 7.88. The van der Waals surface area contributed by atoms with Crippen LogP contribution in [0, 0.1) is 0 Å². The molecule has 0 fully saturated rings. The lowest BCUT2D eigenvalue weighted by atomic mass is 10.1. The number of halogens is 3. The van der Waals surface area contributed by atoms with Crippen LogP contribution in [-0.4, -0.2) is 43.8 Å². The molecule has 208 valence electrons. The van der Waals surface area contributed by atoms with E-state index in [9.17, 15) is 18.0 Å². The maximum absolute atomic E-state index is 13.9. The second kappa shape index (κ2) is 13.5. The van der Waals surface area contributed by atoms with Crippen molar-refractivity contribution in [1.82, 2.24) is 10.2 Å². The summed E-state index contributed by atoms with van der Waals surface area (Å²) in [7, 11) is -4.19. The molecule has 0 bridgehead atoms. The summed E-state index contributed by atoms with van der Waals surface area (Å²) in [5.41, 5.74) is 0.882. The van der Waals surface area contributed by atoms with Crippen LogP contribution < -0.4 is 9.62 Å². The van der Waals surface area contributed by atoms with Crippen molar-refractivity contribution in [2.24, 2.45) is 0 Å². The highest BCUT2D eigenvalue weighted by Gasteiger charge is 2.33. The first-order valence-corrected chi connectivity index (χ1v) is 14.9. The summed E-state index contributed by atoms with van der Waals surface area (Å²) in [4.78, 5) is 28.3. The molecule has 1 N–H and O–H groups in total. The highest BCUT2D eigenvalue weighted by molar-refractivity contribution is 7.92. The molecule has 0 radical (unpaired) electrons.